The Kier molecular flexibility index (Phi) is 2.85. The van der Waals surface area contributed by atoms with Crippen molar-refractivity contribution in [3.63, 3.8) is 0 Å². The summed E-state index contributed by atoms with van der Waals surface area (Å²) in [5.41, 5.74) is 5.14. The number of hydrogen-bond donors (Lipinski definition) is 1. The molecule has 0 radical (unpaired) electrons. The average Bonchev–Trinajstić information content (AvgIpc) is 2.08. The highest BCUT2D eigenvalue weighted by molar-refractivity contribution is 9.10. The van der Waals surface area contributed by atoms with Crippen LogP contribution in [0.25, 0.3) is 0 Å². The van der Waals surface area contributed by atoms with Gasteiger partial charge in [-0.25, -0.2) is 0 Å². The third kappa shape index (κ3) is 1.74. The molecule has 6 heteroatoms. The molecule has 0 saturated carbocycles. The van der Waals surface area contributed by atoms with E-state index in [0.717, 1.165) is 0 Å². The Balaban J connectivity index is 3.53. The van der Waals surface area contributed by atoms with Crippen molar-refractivity contribution in [3.8, 4) is 0 Å². The number of benzene rings is 1. The van der Waals surface area contributed by atoms with E-state index in [1.165, 1.54) is 19.1 Å². The molecule has 0 atom stereocenters. The van der Waals surface area contributed by atoms with Gasteiger partial charge in [-0.05, 0) is 35.0 Å². The molecule has 0 heterocycles. The van der Waals surface area contributed by atoms with Crippen molar-refractivity contribution in [2.24, 2.45) is 0 Å². The van der Waals surface area contributed by atoms with E-state index >= 15 is 0 Å². The monoisotopic (exact) mass is 258 g/mol. The summed E-state index contributed by atoms with van der Waals surface area (Å²) in [5.74, 6) is -0.379. The summed E-state index contributed by atoms with van der Waals surface area (Å²) in [7, 11) is 0. The Hall–Kier alpha value is -1.43. The summed E-state index contributed by atoms with van der Waals surface area (Å²) in [6.07, 6.45) is 0. The third-order valence-electron chi connectivity index (χ3n) is 1.73. The number of rotatable bonds is 2. The van der Waals surface area contributed by atoms with Crippen LogP contribution in [0.15, 0.2) is 16.6 Å². The molecule has 0 aromatic heterocycles. The highest BCUT2D eigenvalue weighted by Gasteiger charge is 2.22. The summed E-state index contributed by atoms with van der Waals surface area (Å²) >= 11 is 3.06. The molecule has 0 unspecified atom stereocenters. The summed E-state index contributed by atoms with van der Waals surface area (Å²) in [6, 6.07) is 2.89. The lowest BCUT2D eigenvalue weighted by Crippen LogP contribution is -2.04. The lowest BCUT2D eigenvalue weighted by atomic mass is 10.1. The van der Waals surface area contributed by atoms with Gasteiger partial charge in [0.2, 0.25) is 0 Å². The van der Waals surface area contributed by atoms with Gasteiger partial charge in [0, 0.05) is 4.47 Å². The Bertz CT molecular complexity index is 417. The minimum atomic E-state index is -0.656. The van der Waals surface area contributed by atoms with Crippen molar-refractivity contribution in [2.45, 2.75) is 6.92 Å². The van der Waals surface area contributed by atoms with E-state index in [1.807, 2.05) is 0 Å². The number of nitro groups is 1. The zero-order valence-electron chi connectivity index (χ0n) is 7.28. The first-order valence-electron chi connectivity index (χ1n) is 3.68. The van der Waals surface area contributed by atoms with E-state index in [4.69, 9.17) is 5.73 Å². The van der Waals surface area contributed by atoms with Gasteiger partial charge in [0.25, 0.3) is 0 Å². The van der Waals surface area contributed by atoms with Crippen molar-refractivity contribution < 1.29 is 9.72 Å². The van der Waals surface area contributed by atoms with Crippen LogP contribution in [-0.2, 0) is 0 Å². The molecule has 1 aromatic rings. The number of Topliss-reactive ketones (excluding diaryl/α,β-unsaturated/α-hetero) is 1. The van der Waals surface area contributed by atoms with Crippen LogP contribution in [0.4, 0.5) is 11.4 Å². The number of ketones is 1. The SMILES string of the molecule is CC(=O)c1ccc(Br)c(N)c1[N+](=O)[O-]. The Labute approximate surface area is 88.2 Å². The topological polar surface area (TPSA) is 86.2 Å². The minimum Gasteiger partial charge on any atom is -0.392 e. The summed E-state index contributed by atoms with van der Waals surface area (Å²) in [5, 5.41) is 10.7. The molecule has 0 spiro atoms. The van der Waals surface area contributed by atoms with Gasteiger partial charge in [0.1, 0.15) is 5.69 Å². The molecule has 0 fully saturated rings. The summed E-state index contributed by atoms with van der Waals surface area (Å²) in [4.78, 5) is 21.1. The average molecular weight is 259 g/mol. The predicted molar refractivity (Wildman–Crippen MR) is 55.2 cm³/mol. The number of nitro benzene ring substituents is 1. The minimum absolute atomic E-state index is 0.0238. The number of nitrogens with zero attached hydrogens (tertiary/aromatic N) is 1. The van der Waals surface area contributed by atoms with Crippen LogP contribution >= 0.6 is 15.9 Å². The molecular weight excluding hydrogens is 252 g/mol. The van der Waals surface area contributed by atoms with Crippen LogP contribution in [0, 0.1) is 10.1 Å². The molecular formula is C8H7BrN2O3. The van der Waals surface area contributed by atoms with E-state index in [2.05, 4.69) is 15.9 Å². The summed E-state index contributed by atoms with van der Waals surface area (Å²) < 4.78 is 0.411. The molecule has 1 rings (SSSR count). The van der Waals surface area contributed by atoms with E-state index in [-0.39, 0.29) is 22.7 Å². The third-order valence-corrected chi connectivity index (χ3v) is 2.42. The van der Waals surface area contributed by atoms with Gasteiger partial charge in [0.15, 0.2) is 5.78 Å². The maximum atomic E-state index is 11.1. The van der Waals surface area contributed by atoms with E-state index < -0.39 is 4.92 Å². The van der Waals surface area contributed by atoms with Gasteiger partial charge in [-0.2, -0.15) is 0 Å². The van der Waals surface area contributed by atoms with Crippen LogP contribution in [0.2, 0.25) is 0 Å². The van der Waals surface area contributed by atoms with Crippen molar-refractivity contribution in [2.75, 3.05) is 5.73 Å². The molecule has 2 N–H and O–H groups in total. The second-order valence-electron chi connectivity index (χ2n) is 2.67. The fraction of sp³-hybridized carbons (Fsp3) is 0.125. The molecule has 0 aliphatic rings. The van der Waals surface area contributed by atoms with Gasteiger partial charge in [-0.3, -0.25) is 14.9 Å². The first kappa shape index (κ1) is 10.6. The van der Waals surface area contributed by atoms with Crippen molar-refractivity contribution in [3.05, 3.63) is 32.3 Å². The van der Waals surface area contributed by atoms with Crippen LogP contribution in [-0.4, -0.2) is 10.7 Å². The zero-order chi connectivity index (χ0) is 10.9. The molecule has 1 aromatic carbocycles. The van der Waals surface area contributed by atoms with Crippen molar-refractivity contribution >= 4 is 33.1 Å². The number of nitrogens with two attached hydrogens (primary N) is 1. The first-order valence-corrected chi connectivity index (χ1v) is 4.47. The number of halogens is 1. The normalized spacial score (nSPS) is 9.86. The molecule has 0 amide bonds. The maximum absolute atomic E-state index is 11.1. The second kappa shape index (κ2) is 3.75. The number of hydrogen-bond acceptors (Lipinski definition) is 4. The van der Waals surface area contributed by atoms with E-state index in [1.54, 1.807) is 0 Å². The number of carbonyl (C=O) groups excluding carboxylic acids is 1. The molecule has 0 bridgehead atoms. The van der Waals surface area contributed by atoms with Crippen LogP contribution in [0.5, 0.6) is 0 Å². The molecule has 0 saturated heterocycles. The van der Waals surface area contributed by atoms with Crippen LogP contribution in [0.3, 0.4) is 0 Å². The first-order chi connectivity index (χ1) is 6.45. The predicted octanol–water partition coefficient (Wildman–Crippen LogP) is 2.14. The highest BCUT2D eigenvalue weighted by Crippen LogP contribution is 2.32. The smallest absolute Gasteiger partial charge is 0.304 e. The standard InChI is InChI=1S/C8H7BrN2O3/c1-4(12)5-2-3-6(9)7(10)8(5)11(13)14/h2-3H,10H2,1H3. The fourth-order valence-electron chi connectivity index (χ4n) is 1.06. The molecule has 0 aliphatic carbocycles. The van der Waals surface area contributed by atoms with E-state index in [0.29, 0.717) is 4.47 Å². The van der Waals surface area contributed by atoms with E-state index in [9.17, 15) is 14.9 Å². The lowest BCUT2D eigenvalue weighted by molar-refractivity contribution is -0.384. The van der Waals surface area contributed by atoms with Crippen molar-refractivity contribution in [1.82, 2.24) is 0 Å². The Morgan fingerprint density at radius 1 is 1.57 bits per heavy atom. The highest BCUT2D eigenvalue weighted by atomic mass is 79.9. The number of nitrogen functional groups attached to an aromatic ring is 1. The van der Waals surface area contributed by atoms with Crippen LogP contribution in [0.1, 0.15) is 17.3 Å². The van der Waals surface area contributed by atoms with Gasteiger partial charge in [-0.1, -0.05) is 0 Å². The second-order valence-corrected chi connectivity index (χ2v) is 3.52. The zero-order valence-corrected chi connectivity index (χ0v) is 8.87. The number of carbonyl (C=O) groups is 1. The molecule has 5 nitrogen and oxygen atoms in total. The largest absolute Gasteiger partial charge is 0.392 e. The van der Waals surface area contributed by atoms with Crippen LogP contribution < -0.4 is 5.73 Å². The lowest BCUT2D eigenvalue weighted by Gasteiger charge is -2.03. The Morgan fingerprint density at radius 2 is 2.14 bits per heavy atom. The molecule has 74 valence electrons. The molecule has 14 heavy (non-hydrogen) atoms. The fourth-order valence-corrected chi connectivity index (χ4v) is 1.38. The number of anilines is 1. The quantitative estimate of drug-likeness (QED) is 0.381. The van der Waals surface area contributed by atoms with Gasteiger partial charge >= 0.3 is 5.69 Å². The van der Waals surface area contributed by atoms with Gasteiger partial charge < -0.3 is 5.73 Å². The maximum Gasteiger partial charge on any atom is 0.304 e. The Morgan fingerprint density at radius 3 is 2.57 bits per heavy atom. The van der Waals surface area contributed by atoms with Gasteiger partial charge in [0.05, 0.1) is 10.5 Å². The van der Waals surface area contributed by atoms with Gasteiger partial charge in [-0.15, -0.1) is 0 Å². The van der Waals surface area contributed by atoms with Crippen molar-refractivity contribution in [1.29, 1.82) is 0 Å². The molecule has 0 aliphatic heterocycles. The summed E-state index contributed by atoms with van der Waals surface area (Å²) in [6.45, 7) is 1.26.